The average Bonchev–Trinajstić information content (AvgIpc) is 2.36. The van der Waals surface area contributed by atoms with E-state index in [-0.39, 0.29) is 33.4 Å². The molecule has 2 atom stereocenters. The monoisotopic (exact) mass is 414 g/mol. The van der Waals surface area contributed by atoms with Crippen LogP contribution in [0.2, 0.25) is 10.0 Å². The van der Waals surface area contributed by atoms with Crippen molar-refractivity contribution in [2.24, 2.45) is 11.7 Å². The van der Waals surface area contributed by atoms with E-state index in [2.05, 4.69) is 15.9 Å². The molecule has 0 radical (unpaired) electrons. The highest BCUT2D eigenvalue weighted by Crippen LogP contribution is 2.37. The maximum Gasteiger partial charge on any atom is 0.246 e. The predicted octanol–water partition coefficient (Wildman–Crippen LogP) is 3.50. The molecular formula is C13H17BrCl2N2O2S. The van der Waals surface area contributed by atoms with Gasteiger partial charge in [-0.2, -0.15) is 4.31 Å². The van der Waals surface area contributed by atoms with Gasteiger partial charge in [-0.15, -0.1) is 0 Å². The van der Waals surface area contributed by atoms with E-state index in [1.807, 2.05) is 6.92 Å². The van der Waals surface area contributed by atoms with Crippen LogP contribution in [0.4, 0.5) is 0 Å². The first-order chi connectivity index (χ1) is 9.78. The Morgan fingerprint density at radius 3 is 2.48 bits per heavy atom. The molecule has 21 heavy (non-hydrogen) atoms. The Balaban J connectivity index is 2.51. The van der Waals surface area contributed by atoms with Crippen LogP contribution in [0, 0.1) is 5.92 Å². The molecule has 0 aromatic heterocycles. The molecular weight excluding hydrogens is 399 g/mol. The van der Waals surface area contributed by atoms with Gasteiger partial charge in [0, 0.05) is 23.6 Å². The highest BCUT2D eigenvalue weighted by molar-refractivity contribution is 9.10. The molecule has 118 valence electrons. The van der Waals surface area contributed by atoms with E-state index >= 15 is 0 Å². The van der Waals surface area contributed by atoms with Crippen molar-refractivity contribution in [1.29, 1.82) is 0 Å². The maximum atomic E-state index is 12.9. The lowest BCUT2D eigenvalue weighted by Crippen LogP contribution is -2.51. The van der Waals surface area contributed by atoms with Crippen LogP contribution < -0.4 is 5.73 Å². The summed E-state index contributed by atoms with van der Waals surface area (Å²) in [5, 5.41) is 0.228. The number of hydrogen-bond donors (Lipinski definition) is 1. The zero-order chi connectivity index (χ0) is 15.8. The summed E-state index contributed by atoms with van der Waals surface area (Å²) < 4.78 is 28.0. The Labute approximate surface area is 143 Å². The van der Waals surface area contributed by atoms with E-state index in [4.69, 9.17) is 28.9 Å². The summed E-state index contributed by atoms with van der Waals surface area (Å²) in [6.45, 7) is 2.74. The van der Waals surface area contributed by atoms with Crippen molar-refractivity contribution in [2.45, 2.75) is 30.7 Å². The highest BCUT2D eigenvalue weighted by atomic mass is 79.9. The summed E-state index contributed by atoms with van der Waals surface area (Å²) in [5.41, 5.74) is 5.78. The van der Waals surface area contributed by atoms with E-state index in [1.165, 1.54) is 16.4 Å². The fraction of sp³-hybridized carbons (Fsp3) is 0.538. The second-order valence-corrected chi connectivity index (χ2v) is 8.79. The normalized spacial score (nSPS) is 24.2. The van der Waals surface area contributed by atoms with Gasteiger partial charge >= 0.3 is 0 Å². The van der Waals surface area contributed by atoms with E-state index in [0.29, 0.717) is 11.0 Å². The van der Waals surface area contributed by atoms with Gasteiger partial charge in [0.1, 0.15) is 4.90 Å². The topological polar surface area (TPSA) is 63.4 Å². The van der Waals surface area contributed by atoms with Gasteiger partial charge in [0.25, 0.3) is 0 Å². The van der Waals surface area contributed by atoms with Crippen LogP contribution in [0.25, 0.3) is 0 Å². The van der Waals surface area contributed by atoms with Gasteiger partial charge in [-0.1, -0.05) is 46.1 Å². The second-order valence-electron chi connectivity index (χ2n) is 5.24. The van der Waals surface area contributed by atoms with Gasteiger partial charge in [-0.05, 0) is 30.9 Å². The van der Waals surface area contributed by atoms with Crippen molar-refractivity contribution >= 4 is 49.2 Å². The molecule has 0 saturated carbocycles. The Bertz CT molecular complexity index is 616. The smallest absolute Gasteiger partial charge is 0.246 e. The van der Waals surface area contributed by atoms with Crippen molar-refractivity contribution in [3.63, 3.8) is 0 Å². The summed E-state index contributed by atoms with van der Waals surface area (Å²) in [4.78, 5) is -0.0402. The molecule has 1 aliphatic heterocycles. The van der Waals surface area contributed by atoms with Crippen molar-refractivity contribution in [3.8, 4) is 0 Å². The number of piperidine rings is 1. The molecule has 1 aromatic carbocycles. The quantitative estimate of drug-likeness (QED) is 0.821. The SMILES string of the molecule is CC1CCCN(S(=O)(=O)c2c(Cl)cc(Br)cc2Cl)C1CN. The van der Waals surface area contributed by atoms with E-state index < -0.39 is 10.0 Å². The first-order valence-electron chi connectivity index (χ1n) is 6.65. The fourth-order valence-electron chi connectivity index (χ4n) is 2.75. The van der Waals surface area contributed by atoms with Crippen LogP contribution in [-0.4, -0.2) is 31.9 Å². The van der Waals surface area contributed by atoms with E-state index in [1.54, 1.807) is 0 Å². The van der Waals surface area contributed by atoms with Crippen molar-refractivity contribution in [1.82, 2.24) is 4.31 Å². The number of hydrogen-bond acceptors (Lipinski definition) is 3. The molecule has 0 aliphatic carbocycles. The molecule has 0 bridgehead atoms. The Hall–Kier alpha value is 0.150. The zero-order valence-electron chi connectivity index (χ0n) is 11.5. The number of nitrogens with zero attached hydrogens (tertiary/aromatic N) is 1. The van der Waals surface area contributed by atoms with Gasteiger partial charge in [0.15, 0.2) is 0 Å². The third-order valence-corrected chi connectivity index (χ3v) is 7.14. The summed E-state index contributed by atoms with van der Waals surface area (Å²) in [6, 6.07) is 2.84. The molecule has 1 fully saturated rings. The minimum absolute atomic E-state index is 0.0402. The van der Waals surface area contributed by atoms with Gasteiger partial charge in [0.05, 0.1) is 10.0 Å². The van der Waals surface area contributed by atoms with Crippen LogP contribution in [-0.2, 0) is 10.0 Å². The molecule has 8 heteroatoms. The van der Waals surface area contributed by atoms with Crippen LogP contribution in [0.5, 0.6) is 0 Å². The summed E-state index contributed by atoms with van der Waals surface area (Å²) in [7, 11) is -3.77. The molecule has 2 unspecified atom stereocenters. The molecule has 1 aliphatic rings. The summed E-state index contributed by atoms with van der Waals surface area (Å²) in [5.74, 6) is 0.214. The van der Waals surface area contributed by atoms with E-state index in [9.17, 15) is 8.42 Å². The lowest BCUT2D eigenvalue weighted by molar-refractivity contribution is 0.192. The van der Waals surface area contributed by atoms with Crippen LogP contribution in [0.3, 0.4) is 0 Å². The Morgan fingerprint density at radius 2 is 1.95 bits per heavy atom. The highest BCUT2D eigenvalue weighted by Gasteiger charge is 2.38. The van der Waals surface area contributed by atoms with Gasteiger partial charge < -0.3 is 5.73 Å². The third kappa shape index (κ3) is 3.41. The Kier molecular flexibility index (Phi) is 5.60. The minimum atomic E-state index is -3.77. The molecule has 1 aromatic rings. The van der Waals surface area contributed by atoms with Crippen molar-refractivity contribution < 1.29 is 8.42 Å². The van der Waals surface area contributed by atoms with Gasteiger partial charge in [-0.25, -0.2) is 8.42 Å². The van der Waals surface area contributed by atoms with Gasteiger partial charge in [0.2, 0.25) is 10.0 Å². The van der Waals surface area contributed by atoms with Crippen molar-refractivity contribution in [3.05, 3.63) is 26.7 Å². The Morgan fingerprint density at radius 1 is 1.38 bits per heavy atom. The first kappa shape index (κ1) is 17.5. The third-order valence-electron chi connectivity index (χ3n) is 3.84. The number of benzene rings is 1. The molecule has 2 rings (SSSR count). The first-order valence-corrected chi connectivity index (χ1v) is 9.64. The van der Waals surface area contributed by atoms with Crippen molar-refractivity contribution in [2.75, 3.05) is 13.1 Å². The number of halogens is 3. The fourth-order valence-corrected chi connectivity index (χ4v) is 6.41. The van der Waals surface area contributed by atoms with Crippen LogP contribution in [0.1, 0.15) is 19.8 Å². The molecule has 4 nitrogen and oxygen atoms in total. The van der Waals surface area contributed by atoms with Crippen LogP contribution >= 0.6 is 39.1 Å². The van der Waals surface area contributed by atoms with Gasteiger partial charge in [-0.3, -0.25) is 0 Å². The van der Waals surface area contributed by atoms with Crippen LogP contribution in [0.15, 0.2) is 21.5 Å². The zero-order valence-corrected chi connectivity index (χ0v) is 15.4. The molecule has 2 N–H and O–H groups in total. The molecule has 1 heterocycles. The largest absolute Gasteiger partial charge is 0.329 e. The number of nitrogens with two attached hydrogens (primary N) is 1. The standard InChI is InChI=1S/C13H17BrCl2N2O2S/c1-8-3-2-4-18(12(8)7-17)21(19,20)13-10(15)5-9(14)6-11(13)16/h5-6,8,12H,2-4,7,17H2,1H3. The predicted molar refractivity (Wildman–Crippen MR) is 89.3 cm³/mol. The summed E-state index contributed by atoms with van der Waals surface area (Å²) >= 11 is 15.5. The molecule has 0 amide bonds. The minimum Gasteiger partial charge on any atom is -0.329 e. The lowest BCUT2D eigenvalue weighted by atomic mass is 9.93. The second kappa shape index (κ2) is 6.72. The average molecular weight is 416 g/mol. The lowest BCUT2D eigenvalue weighted by Gasteiger charge is -2.38. The number of sulfonamides is 1. The molecule has 1 saturated heterocycles. The number of rotatable bonds is 3. The maximum absolute atomic E-state index is 12.9. The molecule has 0 spiro atoms. The summed E-state index contributed by atoms with van der Waals surface area (Å²) in [6.07, 6.45) is 1.78. The van der Waals surface area contributed by atoms with E-state index in [0.717, 1.165) is 12.8 Å².